The van der Waals surface area contributed by atoms with Gasteiger partial charge in [-0.1, -0.05) is 62.6 Å². The van der Waals surface area contributed by atoms with Gasteiger partial charge in [0, 0.05) is 6.54 Å². The molecule has 0 heterocycles. The smallest absolute Gasteiger partial charge is 0.316 e. The van der Waals surface area contributed by atoms with Gasteiger partial charge in [-0.15, -0.1) is 0 Å². The Labute approximate surface area is 182 Å². The molecule has 1 aliphatic carbocycles. The van der Waals surface area contributed by atoms with E-state index in [0.29, 0.717) is 6.61 Å². The fourth-order valence-corrected chi connectivity index (χ4v) is 4.72. The number of unbranched alkanes of at least 4 members (excludes halogenated alkanes) is 3. The molecule has 0 spiro atoms. The van der Waals surface area contributed by atoms with Crippen molar-refractivity contribution in [2.75, 3.05) is 13.2 Å². The average Bonchev–Trinajstić information content (AvgIpc) is 3.24. The first-order valence-corrected chi connectivity index (χ1v) is 12.7. The standard InChI is InChI=1S/C25H36NO3P/c1-2-3-4-5-8-20-11-13-21(14-12-20)24-16-15-22(23-9-6-10-25(23)24)19-26-17-7-18-29-30(27)28/h11-16,26,30H,2-10,17-19H2,1H3,(H,27,28). The minimum absolute atomic E-state index is 0.326. The highest BCUT2D eigenvalue weighted by Crippen LogP contribution is 2.35. The van der Waals surface area contributed by atoms with Gasteiger partial charge < -0.3 is 14.7 Å². The zero-order valence-corrected chi connectivity index (χ0v) is 19.2. The molecule has 164 valence electrons. The van der Waals surface area contributed by atoms with E-state index in [1.807, 2.05) is 0 Å². The average molecular weight is 430 g/mol. The second-order valence-electron chi connectivity index (χ2n) is 8.24. The van der Waals surface area contributed by atoms with E-state index in [2.05, 4.69) is 48.6 Å². The molecule has 0 amide bonds. The van der Waals surface area contributed by atoms with Crippen LogP contribution in [-0.4, -0.2) is 18.0 Å². The Balaban J connectivity index is 1.59. The van der Waals surface area contributed by atoms with Gasteiger partial charge in [-0.3, -0.25) is 4.57 Å². The summed E-state index contributed by atoms with van der Waals surface area (Å²) in [4.78, 5) is 8.69. The van der Waals surface area contributed by atoms with E-state index >= 15 is 0 Å². The van der Waals surface area contributed by atoms with Crippen LogP contribution in [0.5, 0.6) is 0 Å². The predicted molar refractivity (Wildman–Crippen MR) is 125 cm³/mol. The topological polar surface area (TPSA) is 58.6 Å². The molecule has 0 aliphatic heterocycles. The monoisotopic (exact) mass is 429 g/mol. The van der Waals surface area contributed by atoms with Crippen LogP contribution in [0.25, 0.3) is 11.1 Å². The second kappa shape index (κ2) is 12.4. The van der Waals surface area contributed by atoms with Crippen molar-refractivity contribution in [3.8, 4) is 11.1 Å². The van der Waals surface area contributed by atoms with Crippen LogP contribution < -0.4 is 5.32 Å². The van der Waals surface area contributed by atoms with Crippen LogP contribution in [0.2, 0.25) is 0 Å². The first-order valence-electron chi connectivity index (χ1n) is 11.5. The van der Waals surface area contributed by atoms with Crippen molar-refractivity contribution in [3.63, 3.8) is 0 Å². The third kappa shape index (κ3) is 6.78. The molecule has 5 heteroatoms. The van der Waals surface area contributed by atoms with Gasteiger partial charge >= 0.3 is 8.25 Å². The number of fused-ring (bicyclic) bond motifs is 1. The summed E-state index contributed by atoms with van der Waals surface area (Å²) in [5.74, 6) is 0. The summed E-state index contributed by atoms with van der Waals surface area (Å²) in [6.45, 7) is 4.21. The Morgan fingerprint density at radius 1 is 1.00 bits per heavy atom. The predicted octanol–water partition coefficient (Wildman–Crippen LogP) is 5.84. The molecular formula is C25H36NO3P. The summed E-state index contributed by atoms with van der Waals surface area (Å²) in [5, 5.41) is 3.45. The molecule has 0 saturated carbocycles. The van der Waals surface area contributed by atoms with Crippen molar-refractivity contribution >= 4 is 8.25 Å². The van der Waals surface area contributed by atoms with Gasteiger partial charge in [0.2, 0.25) is 0 Å². The highest BCUT2D eigenvalue weighted by Gasteiger charge is 2.19. The number of hydrogen-bond donors (Lipinski definition) is 2. The van der Waals surface area contributed by atoms with E-state index in [0.717, 1.165) is 32.4 Å². The van der Waals surface area contributed by atoms with Crippen LogP contribution in [0.3, 0.4) is 0 Å². The van der Waals surface area contributed by atoms with Gasteiger partial charge in [-0.25, -0.2) is 0 Å². The van der Waals surface area contributed by atoms with Crippen molar-refractivity contribution in [3.05, 3.63) is 58.7 Å². The number of aryl methyl sites for hydroxylation is 1. The van der Waals surface area contributed by atoms with Crippen LogP contribution >= 0.6 is 8.25 Å². The maximum atomic E-state index is 10.6. The molecule has 2 aromatic carbocycles. The minimum atomic E-state index is -2.80. The summed E-state index contributed by atoms with van der Waals surface area (Å²) in [6, 6.07) is 13.8. The fourth-order valence-electron chi connectivity index (χ4n) is 4.40. The van der Waals surface area contributed by atoms with Crippen molar-refractivity contribution in [1.82, 2.24) is 5.32 Å². The molecule has 4 nitrogen and oxygen atoms in total. The van der Waals surface area contributed by atoms with E-state index in [9.17, 15) is 4.57 Å². The lowest BCUT2D eigenvalue weighted by molar-refractivity contribution is 0.276. The van der Waals surface area contributed by atoms with Crippen LogP contribution in [0.4, 0.5) is 0 Å². The first-order chi connectivity index (χ1) is 14.7. The molecule has 0 fully saturated rings. The summed E-state index contributed by atoms with van der Waals surface area (Å²) in [7, 11) is -2.80. The summed E-state index contributed by atoms with van der Waals surface area (Å²) in [5.41, 5.74) is 8.59. The number of hydrogen-bond acceptors (Lipinski definition) is 3. The van der Waals surface area contributed by atoms with Gasteiger partial charge in [0.15, 0.2) is 0 Å². The molecule has 3 rings (SSSR count). The lowest BCUT2D eigenvalue weighted by atomic mass is 9.92. The molecule has 0 aromatic heterocycles. The molecule has 1 aliphatic rings. The molecule has 1 unspecified atom stereocenters. The second-order valence-corrected chi connectivity index (χ2v) is 9.06. The number of benzene rings is 2. The van der Waals surface area contributed by atoms with Crippen molar-refractivity contribution < 1.29 is 14.0 Å². The minimum Gasteiger partial charge on any atom is -0.326 e. The molecular weight excluding hydrogens is 393 g/mol. The third-order valence-corrected chi connectivity index (χ3v) is 6.46. The van der Waals surface area contributed by atoms with Gasteiger partial charge in [0.05, 0.1) is 6.61 Å². The fraction of sp³-hybridized carbons (Fsp3) is 0.520. The Kier molecular flexibility index (Phi) is 9.61. The lowest BCUT2D eigenvalue weighted by Gasteiger charge is -2.15. The van der Waals surface area contributed by atoms with E-state index in [1.54, 1.807) is 0 Å². The third-order valence-electron chi connectivity index (χ3n) is 6.00. The SMILES string of the molecule is CCCCCCc1ccc(-c2ccc(CNCCCO[PH](=O)O)c3c2CCC3)cc1. The highest BCUT2D eigenvalue weighted by atomic mass is 31.1. The molecule has 0 bridgehead atoms. The molecule has 0 saturated heterocycles. The zero-order valence-electron chi connectivity index (χ0n) is 18.2. The van der Waals surface area contributed by atoms with Gasteiger partial charge in [0.25, 0.3) is 0 Å². The van der Waals surface area contributed by atoms with E-state index in [4.69, 9.17) is 9.42 Å². The molecule has 1 atom stereocenters. The molecule has 0 radical (unpaired) electrons. The lowest BCUT2D eigenvalue weighted by Crippen LogP contribution is -2.17. The quantitative estimate of drug-likeness (QED) is 0.310. The molecule has 2 aromatic rings. The summed E-state index contributed by atoms with van der Waals surface area (Å²) < 4.78 is 15.3. The molecule has 2 N–H and O–H groups in total. The number of rotatable bonds is 13. The first kappa shape index (κ1) is 23.2. The van der Waals surface area contributed by atoms with Gasteiger partial charge in [-0.2, -0.15) is 0 Å². The van der Waals surface area contributed by atoms with Gasteiger partial charge in [0.1, 0.15) is 0 Å². The van der Waals surface area contributed by atoms with Crippen LogP contribution in [-0.2, 0) is 34.9 Å². The summed E-state index contributed by atoms with van der Waals surface area (Å²) in [6.07, 6.45) is 10.7. The van der Waals surface area contributed by atoms with Crippen LogP contribution in [0, 0.1) is 0 Å². The van der Waals surface area contributed by atoms with Crippen LogP contribution in [0.15, 0.2) is 36.4 Å². The van der Waals surface area contributed by atoms with E-state index in [1.165, 1.54) is 71.9 Å². The van der Waals surface area contributed by atoms with Gasteiger partial charge in [-0.05, 0) is 78.5 Å². The Morgan fingerprint density at radius 3 is 2.57 bits per heavy atom. The number of nitrogens with one attached hydrogen (secondary N) is 1. The van der Waals surface area contributed by atoms with Crippen molar-refractivity contribution in [2.24, 2.45) is 0 Å². The highest BCUT2D eigenvalue weighted by molar-refractivity contribution is 7.32. The Morgan fingerprint density at radius 2 is 1.80 bits per heavy atom. The molecule has 30 heavy (non-hydrogen) atoms. The Hall–Kier alpha value is -1.45. The van der Waals surface area contributed by atoms with Crippen molar-refractivity contribution in [2.45, 2.75) is 71.3 Å². The van der Waals surface area contributed by atoms with Crippen LogP contribution in [0.1, 0.15) is 67.7 Å². The normalized spacial score (nSPS) is 14.1. The maximum absolute atomic E-state index is 10.6. The van der Waals surface area contributed by atoms with E-state index in [-0.39, 0.29) is 0 Å². The Bertz CT molecular complexity index is 820. The zero-order chi connectivity index (χ0) is 21.2. The van der Waals surface area contributed by atoms with E-state index < -0.39 is 8.25 Å². The summed E-state index contributed by atoms with van der Waals surface area (Å²) >= 11 is 0. The van der Waals surface area contributed by atoms with Crippen molar-refractivity contribution in [1.29, 1.82) is 0 Å². The maximum Gasteiger partial charge on any atom is 0.316 e. The largest absolute Gasteiger partial charge is 0.326 e.